The van der Waals surface area contributed by atoms with E-state index in [0.29, 0.717) is 39.0 Å². The molecule has 0 spiro atoms. The molecule has 0 saturated carbocycles. The van der Waals surface area contributed by atoms with Gasteiger partial charge in [-0.25, -0.2) is 0 Å². The van der Waals surface area contributed by atoms with Crippen LogP contribution in [0.25, 0.3) is 0 Å². The first-order chi connectivity index (χ1) is 14.2. The van der Waals surface area contributed by atoms with Crippen molar-refractivity contribution in [2.75, 3.05) is 26.2 Å². The van der Waals surface area contributed by atoms with Crippen molar-refractivity contribution in [1.82, 2.24) is 21.3 Å². The second kappa shape index (κ2) is 11.3. The molecule has 1 unspecified atom stereocenters. The molecule has 1 fully saturated rings. The van der Waals surface area contributed by atoms with Crippen molar-refractivity contribution in [3.05, 3.63) is 71.8 Å². The van der Waals surface area contributed by atoms with Crippen LogP contribution < -0.4 is 21.3 Å². The SMILES string of the molecule is O=C1CCNC(c2ccccc2)[C@@H](c2ccccc2)NCCC(=O)NCCCN1. The number of hydrogen-bond acceptors (Lipinski definition) is 4. The monoisotopic (exact) mass is 394 g/mol. The lowest BCUT2D eigenvalue weighted by Crippen LogP contribution is -2.38. The Labute approximate surface area is 172 Å². The zero-order valence-electron chi connectivity index (χ0n) is 16.7. The lowest BCUT2D eigenvalue weighted by Gasteiger charge is -2.30. The van der Waals surface area contributed by atoms with Gasteiger partial charge in [-0.05, 0) is 17.5 Å². The van der Waals surface area contributed by atoms with E-state index in [0.717, 1.165) is 17.5 Å². The van der Waals surface area contributed by atoms with Crippen LogP contribution in [0.4, 0.5) is 0 Å². The summed E-state index contributed by atoms with van der Waals surface area (Å²) in [7, 11) is 0. The van der Waals surface area contributed by atoms with E-state index in [1.54, 1.807) is 0 Å². The number of hydrogen-bond donors (Lipinski definition) is 4. The third kappa shape index (κ3) is 6.69. The smallest absolute Gasteiger partial charge is 0.221 e. The Hall–Kier alpha value is -2.70. The normalized spacial score (nSPS) is 22.6. The summed E-state index contributed by atoms with van der Waals surface area (Å²) < 4.78 is 0. The third-order valence-electron chi connectivity index (χ3n) is 5.08. The van der Waals surface area contributed by atoms with Crippen LogP contribution in [0, 0.1) is 0 Å². The molecule has 1 saturated heterocycles. The zero-order valence-corrected chi connectivity index (χ0v) is 16.7. The summed E-state index contributed by atoms with van der Waals surface area (Å²) in [5.41, 5.74) is 2.28. The van der Waals surface area contributed by atoms with Gasteiger partial charge in [0, 0.05) is 39.0 Å². The second-order valence-electron chi connectivity index (χ2n) is 7.24. The van der Waals surface area contributed by atoms with Gasteiger partial charge in [-0.15, -0.1) is 0 Å². The van der Waals surface area contributed by atoms with Crippen LogP contribution in [0.3, 0.4) is 0 Å². The van der Waals surface area contributed by atoms with Crippen molar-refractivity contribution in [1.29, 1.82) is 0 Å². The number of amides is 2. The highest BCUT2D eigenvalue weighted by molar-refractivity contribution is 5.76. The third-order valence-corrected chi connectivity index (χ3v) is 5.08. The maximum atomic E-state index is 12.1. The Kier molecular flexibility index (Phi) is 8.22. The summed E-state index contributed by atoms with van der Waals surface area (Å²) in [6.07, 6.45) is 1.56. The molecule has 0 bridgehead atoms. The Morgan fingerprint density at radius 1 is 0.586 bits per heavy atom. The van der Waals surface area contributed by atoms with Gasteiger partial charge in [-0.3, -0.25) is 9.59 Å². The maximum absolute atomic E-state index is 12.1. The van der Waals surface area contributed by atoms with E-state index in [9.17, 15) is 9.59 Å². The molecule has 2 atom stereocenters. The Bertz CT molecular complexity index is 701. The lowest BCUT2D eigenvalue weighted by molar-refractivity contribution is -0.121. The molecule has 6 nitrogen and oxygen atoms in total. The molecule has 6 heteroatoms. The number of carbonyl (C=O) groups is 2. The van der Waals surface area contributed by atoms with E-state index in [-0.39, 0.29) is 23.9 Å². The van der Waals surface area contributed by atoms with E-state index in [1.807, 2.05) is 36.4 Å². The minimum atomic E-state index is -0.0282. The Morgan fingerprint density at radius 2 is 1.00 bits per heavy atom. The summed E-state index contributed by atoms with van der Waals surface area (Å²) in [5.74, 6) is 0.0458. The fourth-order valence-electron chi connectivity index (χ4n) is 3.58. The van der Waals surface area contributed by atoms with Gasteiger partial charge < -0.3 is 21.3 Å². The Morgan fingerprint density at radius 3 is 1.41 bits per heavy atom. The van der Waals surface area contributed by atoms with E-state index >= 15 is 0 Å². The number of benzene rings is 2. The van der Waals surface area contributed by atoms with Crippen LogP contribution in [0.15, 0.2) is 60.7 Å². The van der Waals surface area contributed by atoms with Crippen LogP contribution in [0.5, 0.6) is 0 Å². The van der Waals surface area contributed by atoms with Gasteiger partial charge in [-0.1, -0.05) is 60.7 Å². The average molecular weight is 395 g/mol. The fraction of sp³-hybridized carbons (Fsp3) is 0.391. The largest absolute Gasteiger partial charge is 0.356 e. The number of carbonyl (C=O) groups excluding carboxylic acids is 2. The van der Waals surface area contributed by atoms with Crippen molar-refractivity contribution in [3.8, 4) is 0 Å². The molecule has 29 heavy (non-hydrogen) atoms. The molecule has 1 heterocycles. The maximum Gasteiger partial charge on any atom is 0.221 e. The van der Waals surface area contributed by atoms with Crippen molar-refractivity contribution in [2.24, 2.45) is 0 Å². The quantitative estimate of drug-likeness (QED) is 0.629. The van der Waals surface area contributed by atoms with Crippen molar-refractivity contribution >= 4 is 11.8 Å². The van der Waals surface area contributed by atoms with Gasteiger partial charge in [0.15, 0.2) is 0 Å². The highest BCUT2D eigenvalue weighted by Crippen LogP contribution is 2.29. The summed E-state index contributed by atoms with van der Waals surface area (Å²) in [5, 5.41) is 13.0. The molecule has 154 valence electrons. The highest BCUT2D eigenvalue weighted by Gasteiger charge is 2.24. The first-order valence-corrected chi connectivity index (χ1v) is 10.3. The molecule has 2 aromatic carbocycles. The van der Waals surface area contributed by atoms with Crippen LogP contribution in [-0.4, -0.2) is 38.0 Å². The first kappa shape index (κ1) is 21.0. The topological polar surface area (TPSA) is 82.3 Å². The molecular weight excluding hydrogens is 364 g/mol. The van der Waals surface area contributed by atoms with Gasteiger partial charge >= 0.3 is 0 Å². The lowest BCUT2D eigenvalue weighted by atomic mass is 9.93. The molecule has 0 aromatic heterocycles. The molecule has 2 amide bonds. The predicted octanol–water partition coefficient (Wildman–Crippen LogP) is 2.06. The van der Waals surface area contributed by atoms with Gasteiger partial charge in [0.25, 0.3) is 0 Å². The van der Waals surface area contributed by atoms with Gasteiger partial charge in [0.1, 0.15) is 0 Å². The van der Waals surface area contributed by atoms with Crippen molar-refractivity contribution in [3.63, 3.8) is 0 Å². The molecule has 2 aromatic rings. The molecular formula is C23H30N4O2. The van der Waals surface area contributed by atoms with Crippen molar-refractivity contribution in [2.45, 2.75) is 31.3 Å². The van der Waals surface area contributed by atoms with Crippen LogP contribution in [0.2, 0.25) is 0 Å². The number of nitrogens with one attached hydrogen (secondary N) is 4. The van der Waals surface area contributed by atoms with Gasteiger partial charge in [0.05, 0.1) is 12.1 Å². The van der Waals surface area contributed by atoms with Gasteiger partial charge in [-0.2, -0.15) is 0 Å². The predicted molar refractivity (Wildman–Crippen MR) is 114 cm³/mol. The van der Waals surface area contributed by atoms with E-state index in [1.165, 1.54) is 0 Å². The highest BCUT2D eigenvalue weighted by atomic mass is 16.2. The van der Waals surface area contributed by atoms with Crippen LogP contribution in [0.1, 0.15) is 42.5 Å². The van der Waals surface area contributed by atoms with Crippen LogP contribution >= 0.6 is 0 Å². The summed E-state index contributed by atoms with van der Waals surface area (Å²) >= 11 is 0. The molecule has 3 rings (SSSR count). The summed E-state index contributed by atoms with van der Waals surface area (Å²) in [4.78, 5) is 24.3. The Balaban J connectivity index is 1.85. The van der Waals surface area contributed by atoms with E-state index < -0.39 is 0 Å². The molecule has 4 N–H and O–H groups in total. The molecule has 1 aliphatic heterocycles. The standard InChI is InChI=1S/C23H30N4O2/c28-20-12-16-26-22(18-8-3-1-4-9-18)23(19-10-5-2-6-11-19)27-17-13-21(29)25-15-7-14-24-20/h1-6,8-11,22-23,26-27H,7,12-17H2,(H,24,28)(H,25,29)/t22-,23?/m1/s1. The molecule has 1 aliphatic rings. The second-order valence-corrected chi connectivity index (χ2v) is 7.24. The fourth-order valence-corrected chi connectivity index (χ4v) is 3.58. The van der Waals surface area contributed by atoms with Gasteiger partial charge in [0.2, 0.25) is 11.8 Å². The van der Waals surface area contributed by atoms with E-state index in [4.69, 9.17) is 0 Å². The van der Waals surface area contributed by atoms with E-state index in [2.05, 4.69) is 45.5 Å². The summed E-state index contributed by atoms with van der Waals surface area (Å²) in [6, 6.07) is 20.4. The minimum absolute atomic E-state index is 0.0229. The number of rotatable bonds is 2. The zero-order chi connectivity index (χ0) is 20.3. The first-order valence-electron chi connectivity index (χ1n) is 10.3. The molecule has 0 aliphatic carbocycles. The van der Waals surface area contributed by atoms with Crippen LogP contribution in [-0.2, 0) is 9.59 Å². The molecule has 0 radical (unpaired) electrons. The summed E-state index contributed by atoms with van der Waals surface area (Å²) in [6.45, 7) is 2.30. The average Bonchev–Trinajstić information content (AvgIpc) is 2.76. The van der Waals surface area contributed by atoms with Crippen molar-refractivity contribution < 1.29 is 9.59 Å². The minimum Gasteiger partial charge on any atom is -0.356 e.